The second kappa shape index (κ2) is 9.58. The van der Waals surface area contributed by atoms with E-state index in [2.05, 4.69) is 47.0 Å². The maximum absolute atomic E-state index is 6.17. The van der Waals surface area contributed by atoms with E-state index in [0.717, 1.165) is 26.1 Å². The quantitative estimate of drug-likeness (QED) is 0.404. The van der Waals surface area contributed by atoms with Gasteiger partial charge in [0.25, 0.3) is 0 Å². The molecule has 2 aromatic heterocycles. The molecule has 6 heteroatoms. The molecular weight excluding hydrogens is 372 g/mol. The minimum atomic E-state index is 0.226. The van der Waals surface area contributed by atoms with E-state index in [1.807, 2.05) is 42.6 Å². The highest BCUT2D eigenvalue weighted by Gasteiger charge is 2.11. The fraction of sp³-hybridized carbons (Fsp3) is 0.190. The topological polar surface area (TPSA) is 64.2 Å². The van der Waals surface area contributed by atoms with E-state index in [1.54, 1.807) is 29.7 Å². The van der Waals surface area contributed by atoms with Crippen LogP contribution in [0.2, 0.25) is 0 Å². The van der Waals surface area contributed by atoms with Crippen molar-refractivity contribution in [3.63, 3.8) is 0 Å². The number of aromatic nitrogens is 2. The molecule has 0 saturated heterocycles. The van der Waals surface area contributed by atoms with E-state index in [-0.39, 0.29) is 5.92 Å². The molecular formula is C21H22N4S2. The number of nitrogens with two attached hydrogens (primary N) is 1. The fourth-order valence-electron chi connectivity index (χ4n) is 2.22. The zero-order valence-electron chi connectivity index (χ0n) is 15.4. The molecule has 1 aromatic carbocycles. The zero-order chi connectivity index (χ0) is 19.1. The Morgan fingerprint density at radius 2 is 1.81 bits per heavy atom. The van der Waals surface area contributed by atoms with Gasteiger partial charge < -0.3 is 5.73 Å². The summed E-state index contributed by atoms with van der Waals surface area (Å²) in [5.74, 6) is 1.50. The molecule has 1 unspecified atom stereocenters. The van der Waals surface area contributed by atoms with Gasteiger partial charge in [0, 0.05) is 28.1 Å². The molecule has 138 valence electrons. The maximum atomic E-state index is 6.17. The van der Waals surface area contributed by atoms with Gasteiger partial charge in [-0.05, 0) is 36.8 Å². The number of nitrogens with zero attached hydrogens (tertiary/aromatic N) is 3. The van der Waals surface area contributed by atoms with Crippen LogP contribution in [0.5, 0.6) is 0 Å². The van der Waals surface area contributed by atoms with Crippen LogP contribution in [0.25, 0.3) is 0 Å². The lowest BCUT2D eigenvalue weighted by Gasteiger charge is -2.11. The Kier molecular flexibility index (Phi) is 6.90. The van der Waals surface area contributed by atoms with Crippen molar-refractivity contribution in [2.24, 2.45) is 16.6 Å². The van der Waals surface area contributed by atoms with Gasteiger partial charge in [-0.15, -0.1) is 0 Å². The van der Waals surface area contributed by atoms with Crippen LogP contribution in [0, 0.1) is 5.92 Å². The molecule has 0 saturated carbocycles. The lowest BCUT2D eigenvalue weighted by atomic mass is 10.1. The largest absolute Gasteiger partial charge is 0.387 e. The van der Waals surface area contributed by atoms with E-state index in [4.69, 9.17) is 5.73 Å². The van der Waals surface area contributed by atoms with Gasteiger partial charge in [-0.25, -0.2) is 15.0 Å². The summed E-state index contributed by atoms with van der Waals surface area (Å²) in [7, 11) is 0. The highest BCUT2D eigenvalue weighted by molar-refractivity contribution is 8.00. The lowest BCUT2D eigenvalue weighted by molar-refractivity contribution is 0.732. The van der Waals surface area contributed by atoms with Crippen LogP contribution in [0.1, 0.15) is 20.3 Å². The van der Waals surface area contributed by atoms with Crippen molar-refractivity contribution < 1.29 is 0 Å². The molecule has 0 aliphatic rings. The van der Waals surface area contributed by atoms with Crippen molar-refractivity contribution in [1.29, 1.82) is 0 Å². The predicted molar refractivity (Wildman–Crippen MR) is 114 cm³/mol. The minimum absolute atomic E-state index is 0.226. The Labute approximate surface area is 168 Å². The molecule has 2 N–H and O–H groups in total. The Morgan fingerprint density at radius 1 is 1.04 bits per heavy atom. The third-order valence-corrected chi connectivity index (χ3v) is 5.93. The van der Waals surface area contributed by atoms with Crippen LogP contribution in [0.3, 0.4) is 0 Å². The molecule has 0 amide bonds. The summed E-state index contributed by atoms with van der Waals surface area (Å²) in [5, 5.41) is 0.935. The van der Waals surface area contributed by atoms with Crippen molar-refractivity contribution in [3.05, 3.63) is 67.0 Å². The van der Waals surface area contributed by atoms with Gasteiger partial charge in [0.15, 0.2) is 5.82 Å². The third-order valence-electron chi connectivity index (χ3n) is 3.99. The molecule has 2 heterocycles. The third kappa shape index (κ3) is 5.58. The van der Waals surface area contributed by atoms with Gasteiger partial charge in [-0.3, -0.25) is 0 Å². The van der Waals surface area contributed by atoms with E-state index in [0.29, 0.717) is 11.7 Å². The molecule has 0 aliphatic carbocycles. The second-order valence-electron chi connectivity index (χ2n) is 6.02. The van der Waals surface area contributed by atoms with Crippen molar-refractivity contribution in [2.45, 2.75) is 40.0 Å². The summed E-state index contributed by atoms with van der Waals surface area (Å²) in [6.07, 6.45) is 4.57. The monoisotopic (exact) mass is 394 g/mol. The van der Waals surface area contributed by atoms with E-state index < -0.39 is 0 Å². The van der Waals surface area contributed by atoms with E-state index in [1.165, 1.54) is 0 Å². The second-order valence-corrected chi connectivity index (χ2v) is 8.23. The summed E-state index contributed by atoms with van der Waals surface area (Å²) in [4.78, 5) is 16.7. The first-order valence-electron chi connectivity index (χ1n) is 8.81. The first kappa shape index (κ1) is 19.5. The van der Waals surface area contributed by atoms with Crippen molar-refractivity contribution in [2.75, 3.05) is 0 Å². The molecule has 3 rings (SSSR count). The average molecular weight is 395 g/mol. The van der Waals surface area contributed by atoms with Crippen LogP contribution in [0.15, 0.2) is 91.7 Å². The maximum Gasteiger partial charge on any atom is 0.167 e. The van der Waals surface area contributed by atoms with Gasteiger partial charge in [-0.1, -0.05) is 61.6 Å². The fourth-order valence-corrected chi connectivity index (χ4v) is 4.00. The average Bonchev–Trinajstić information content (AvgIpc) is 2.70. The van der Waals surface area contributed by atoms with E-state index >= 15 is 0 Å². The lowest BCUT2D eigenvalue weighted by Crippen LogP contribution is -2.20. The first-order chi connectivity index (χ1) is 13.2. The van der Waals surface area contributed by atoms with Crippen LogP contribution in [-0.2, 0) is 0 Å². The number of pyridine rings is 2. The van der Waals surface area contributed by atoms with Gasteiger partial charge in [0.05, 0.1) is 4.90 Å². The number of aliphatic imine (C=N–C) groups is 1. The zero-order valence-corrected chi connectivity index (χ0v) is 17.0. The molecule has 0 bridgehead atoms. The number of rotatable bonds is 7. The Bertz CT molecular complexity index is 899. The van der Waals surface area contributed by atoms with Crippen LogP contribution >= 0.6 is 23.5 Å². The number of amidine groups is 1. The van der Waals surface area contributed by atoms with Crippen LogP contribution in [-0.4, -0.2) is 15.8 Å². The standard InChI is InChI=1S/C21H22N4S2/c1-3-15(2)20(22)25-21-18(26-16-9-5-4-6-10-16)13-17(14-24-21)27-19-11-7-8-12-23-19/h4-15H,3H2,1-2H3,(H2,22,24,25). The van der Waals surface area contributed by atoms with Gasteiger partial charge in [0.1, 0.15) is 10.9 Å². The van der Waals surface area contributed by atoms with Gasteiger partial charge >= 0.3 is 0 Å². The summed E-state index contributed by atoms with van der Waals surface area (Å²) < 4.78 is 0. The minimum Gasteiger partial charge on any atom is -0.387 e. The summed E-state index contributed by atoms with van der Waals surface area (Å²) >= 11 is 3.23. The first-order valence-corrected chi connectivity index (χ1v) is 10.4. The summed E-state index contributed by atoms with van der Waals surface area (Å²) in [6.45, 7) is 4.18. The molecule has 0 aliphatic heterocycles. The highest BCUT2D eigenvalue weighted by atomic mass is 32.2. The molecule has 4 nitrogen and oxygen atoms in total. The number of benzene rings is 1. The van der Waals surface area contributed by atoms with Gasteiger partial charge in [0.2, 0.25) is 0 Å². The van der Waals surface area contributed by atoms with E-state index in [9.17, 15) is 0 Å². The molecule has 1 atom stereocenters. The molecule has 0 spiro atoms. The van der Waals surface area contributed by atoms with Crippen molar-refractivity contribution in [1.82, 2.24) is 9.97 Å². The van der Waals surface area contributed by atoms with Gasteiger partial charge in [-0.2, -0.15) is 0 Å². The Morgan fingerprint density at radius 3 is 2.52 bits per heavy atom. The molecule has 3 aromatic rings. The van der Waals surface area contributed by atoms with Crippen LogP contribution in [0.4, 0.5) is 5.82 Å². The molecule has 0 fully saturated rings. The normalized spacial score (nSPS) is 12.7. The number of hydrogen-bond acceptors (Lipinski definition) is 5. The Balaban J connectivity index is 1.94. The summed E-state index contributed by atoms with van der Waals surface area (Å²) in [5.41, 5.74) is 6.17. The molecule has 0 radical (unpaired) electrons. The summed E-state index contributed by atoms with van der Waals surface area (Å²) in [6, 6.07) is 18.2. The Hall–Kier alpha value is -2.31. The molecule has 27 heavy (non-hydrogen) atoms. The smallest absolute Gasteiger partial charge is 0.167 e. The number of hydrogen-bond donors (Lipinski definition) is 1. The van der Waals surface area contributed by atoms with Crippen molar-refractivity contribution >= 4 is 35.2 Å². The van der Waals surface area contributed by atoms with Crippen molar-refractivity contribution in [3.8, 4) is 0 Å². The predicted octanol–water partition coefficient (Wildman–Crippen LogP) is 5.81. The highest BCUT2D eigenvalue weighted by Crippen LogP contribution is 2.37. The SMILES string of the molecule is CCC(C)/C(N)=N\c1ncc(Sc2ccccn2)cc1Sc1ccccc1. The van der Waals surface area contributed by atoms with Crippen LogP contribution < -0.4 is 5.73 Å².